The summed E-state index contributed by atoms with van der Waals surface area (Å²) in [5.74, 6) is 0. The predicted octanol–water partition coefficient (Wildman–Crippen LogP) is 5.20. The normalized spacial score (nSPS) is 13.3. The quantitative estimate of drug-likeness (QED) is 0.337. The van der Waals surface area contributed by atoms with E-state index in [0.29, 0.717) is 9.27 Å². The zero-order chi connectivity index (χ0) is 22.8. The first kappa shape index (κ1) is 22.5. The number of rotatable bonds is 7. The van der Waals surface area contributed by atoms with Gasteiger partial charge in [0.2, 0.25) is 0 Å². The topological polar surface area (TPSA) is 71.5 Å². The summed E-state index contributed by atoms with van der Waals surface area (Å²) in [5, 5.41) is 1.04. The Morgan fingerprint density at radius 2 is 1.09 bits per heavy atom. The molecule has 0 radical (unpaired) electrons. The predicted molar refractivity (Wildman–Crippen MR) is 127 cm³/mol. The number of benzene rings is 4. The van der Waals surface area contributed by atoms with Gasteiger partial charge >= 0.3 is 0 Å². The molecule has 0 aromatic heterocycles. The van der Waals surface area contributed by atoms with Crippen LogP contribution in [0.5, 0.6) is 0 Å². The summed E-state index contributed by atoms with van der Waals surface area (Å²) in [5.41, 5.74) is 0.627. The molecule has 0 fully saturated rings. The van der Waals surface area contributed by atoms with E-state index < -0.39 is 32.0 Å². The van der Waals surface area contributed by atoms with Gasteiger partial charge in [0.1, 0.15) is 0 Å². The Kier molecular flexibility index (Phi) is 6.35. The number of halogens is 1. The van der Waals surface area contributed by atoms with E-state index in [-0.39, 0.29) is 9.79 Å². The largest absolute Gasteiger partial charge is 0.256 e. The van der Waals surface area contributed by atoms with Crippen LogP contribution in [0.3, 0.4) is 0 Å². The summed E-state index contributed by atoms with van der Waals surface area (Å²) in [6.07, 6.45) is 0. The summed E-state index contributed by atoms with van der Waals surface area (Å²) < 4.78 is 54.2. The van der Waals surface area contributed by atoms with Crippen LogP contribution in [-0.4, -0.2) is 27.1 Å². The molecule has 0 aliphatic heterocycles. The molecule has 1 atom stereocenters. The molecule has 0 N–H and O–H groups in total. The van der Waals surface area contributed by atoms with Gasteiger partial charge in [-0.25, -0.2) is 16.8 Å². The highest BCUT2D eigenvalue weighted by atomic mass is 35.5. The third kappa shape index (κ3) is 4.42. The Morgan fingerprint density at radius 3 is 1.62 bits per heavy atom. The van der Waals surface area contributed by atoms with Gasteiger partial charge in [0.25, 0.3) is 20.0 Å². The number of hydrogen-bond donors (Lipinski definition) is 0. The molecule has 0 bridgehead atoms. The molecule has 0 aliphatic carbocycles. The van der Waals surface area contributed by atoms with E-state index in [1.54, 1.807) is 42.5 Å². The maximum absolute atomic E-state index is 13.4. The number of hydrogen-bond acceptors (Lipinski definition) is 4. The van der Waals surface area contributed by atoms with Crippen molar-refractivity contribution in [3.05, 3.63) is 109 Å². The standard InChI is InChI=1S/C24H20ClNO4S2/c25-24(21-16-15-19-9-7-8-10-20(19)17-21)18-26(31(27,28)22-11-3-1-4-12-22)32(29,30)23-13-5-2-6-14-23/h1-17,24H,18H2. The van der Waals surface area contributed by atoms with Crippen molar-refractivity contribution in [2.75, 3.05) is 6.54 Å². The van der Waals surface area contributed by atoms with Crippen molar-refractivity contribution in [2.24, 2.45) is 0 Å². The second-order valence-corrected chi connectivity index (χ2v) is 11.6. The average molecular weight is 486 g/mol. The van der Waals surface area contributed by atoms with Crippen molar-refractivity contribution in [3.63, 3.8) is 0 Å². The van der Waals surface area contributed by atoms with E-state index in [9.17, 15) is 16.8 Å². The second kappa shape index (κ2) is 9.03. The highest BCUT2D eigenvalue weighted by Crippen LogP contribution is 2.31. The van der Waals surface area contributed by atoms with Gasteiger partial charge in [0, 0.05) is 0 Å². The minimum Gasteiger partial charge on any atom is -0.206 e. The van der Waals surface area contributed by atoms with Gasteiger partial charge in [-0.3, -0.25) is 0 Å². The van der Waals surface area contributed by atoms with Gasteiger partial charge in [0.05, 0.1) is 21.7 Å². The van der Waals surface area contributed by atoms with Crippen molar-refractivity contribution < 1.29 is 16.8 Å². The summed E-state index contributed by atoms with van der Waals surface area (Å²) >= 11 is 6.62. The first-order valence-electron chi connectivity index (χ1n) is 9.81. The molecule has 4 rings (SSSR count). The van der Waals surface area contributed by atoms with Crippen LogP contribution in [0, 0.1) is 0 Å². The maximum Gasteiger partial charge on any atom is 0.256 e. The fourth-order valence-electron chi connectivity index (χ4n) is 3.38. The summed E-state index contributed by atoms with van der Waals surface area (Å²) in [4.78, 5) is -0.247. The summed E-state index contributed by atoms with van der Waals surface area (Å²) in [6.45, 7) is -0.450. The van der Waals surface area contributed by atoms with Crippen LogP contribution < -0.4 is 0 Å². The van der Waals surface area contributed by atoms with E-state index >= 15 is 0 Å². The Hall–Kier alpha value is -2.71. The van der Waals surface area contributed by atoms with E-state index in [2.05, 4.69) is 0 Å². The first-order valence-corrected chi connectivity index (χ1v) is 13.1. The Bertz CT molecular complexity index is 1370. The number of fused-ring (bicyclic) bond motifs is 1. The smallest absolute Gasteiger partial charge is 0.206 e. The van der Waals surface area contributed by atoms with Gasteiger partial charge < -0.3 is 0 Å². The molecule has 4 aromatic rings. The van der Waals surface area contributed by atoms with Gasteiger partial charge in [-0.05, 0) is 46.7 Å². The van der Waals surface area contributed by atoms with Crippen molar-refractivity contribution in [3.8, 4) is 0 Å². The number of sulfonamides is 2. The van der Waals surface area contributed by atoms with Gasteiger partial charge in [0.15, 0.2) is 0 Å². The van der Waals surface area contributed by atoms with E-state index in [0.717, 1.165) is 10.8 Å². The second-order valence-electron chi connectivity index (χ2n) is 7.17. The minimum atomic E-state index is -4.39. The van der Waals surface area contributed by atoms with Crippen molar-refractivity contribution >= 4 is 42.4 Å². The molecule has 0 saturated heterocycles. The summed E-state index contributed by atoms with van der Waals surface area (Å²) in [6, 6.07) is 28.1. The third-order valence-corrected chi connectivity index (χ3v) is 9.74. The van der Waals surface area contributed by atoms with Gasteiger partial charge in [-0.15, -0.1) is 11.6 Å². The lowest BCUT2D eigenvalue weighted by atomic mass is 10.1. The van der Waals surface area contributed by atoms with E-state index in [1.165, 1.54) is 24.3 Å². The van der Waals surface area contributed by atoms with Gasteiger partial charge in [-0.1, -0.05) is 76.5 Å². The number of alkyl halides is 1. The van der Waals surface area contributed by atoms with Crippen molar-refractivity contribution in [2.45, 2.75) is 15.2 Å². The molecule has 1 unspecified atom stereocenters. The SMILES string of the molecule is O=S(=O)(c1ccccc1)N(CC(Cl)c1ccc2ccccc2c1)S(=O)(=O)c1ccccc1. The van der Waals surface area contributed by atoms with Crippen LogP contribution in [0.25, 0.3) is 10.8 Å². The molecule has 5 nitrogen and oxygen atoms in total. The lowest BCUT2D eigenvalue weighted by Gasteiger charge is -2.24. The van der Waals surface area contributed by atoms with E-state index in [1.807, 2.05) is 36.4 Å². The Labute approximate surface area is 193 Å². The number of nitrogens with zero attached hydrogens (tertiary/aromatic N) is 1. The van der Waals surface area contributed by atoms with Crippen LogP contribution in [0.15, 0.2) is 113 Å². The third-order valence-electron chi connectivity index (χ3n) is 5.06. The highest BCUT2D eigenvalue weighted by Gasteiger charge is 2.38. The molecule has 4 aromatic carbocycles. The lowest BCUT2D eigenvalue weighted by molar-refractivity contribution is 0.495. The van der Waals surface area contributed by atoms with Crippen molar-refractivity contribution in [1.29, 1.82) is 0 Å². The molecule has 0 aliphatic rings. The minimum absolute atomic E-state index is 0.123. The molecule has 0 saturated carbocycles. The molecule has 164 valence electrons. The van der Waals surface area contributed by atoms with E-state index in [4.69, 9.17) is 11.6 Å². The fraction of sp³-hybridized carbons (Fsp3) is 0.0833. The van der Waals surface area contributed by atoms with Crippen LogP contribution in [0.2, 0.25) is 0 Å². The molecule has 8 heteroatoms. The zero-order valence-electron chi connectivity index (χ0n) is 16.9. The molecule has 0 spiro atoms. The van der Waals surface area contributed by atoms with Crippen LogP contribution in [0.1, 0.15) is 10.9 Å². The Morgan fingerprint density at radius 1 is 0.625 bits per heavy atom. The molecule has 0 heterocycles. The Balaban J connectivity index is 1.78. The molecular weight excluding hydrogens is 466 g/mol. The monoisotopic (exact) mass is 485 g/mol. The van der Waals surface area contributed by atoms with Crippen molar-refractivity contribution in [1.82, 2.24) is 3.71 Å². The first-order chi connectivity index (χ1) is 15.3. The van der Waals surface area contributed by atoms with Crippen LogP contribution >= 0.6 is 11.6 Å². The van der Waals surface area contributed by atoms with Crippen LogP contribution in [-0.2, 0) is 20.0 Å². The lowest BCUT2D eigenvalue weighted by Crippen LogP contribution is -2.39. The summed E-state index contributed by atoms with van der Waals surface area (Å²) in [7, 11) is -8.78. The zero-order valence-corrected chi connectivity index (χ0v) is 19.3. The molecular formula is C24H20ClNO4S2. The molecule has 0 amide bonds. The fourth-order valence-corrected chi connectivity index (χ4v) is 7.53. The van der Waals surface area contributed by atoms with Crippen LogP contribution in [0.4, 0.5) is 0 Å². The molecule has 32 heavy (non-hydrogen) atoms. The maximum atomic E-state index is 13.4. The average Bonchev–Trinajstić information content (AvgIpc) is 2.83. The van der Waals surface area contributed by atoms with Gasteiger partial charge in [-0.2, -0.15) is 0 Å². The highest BCUT2D eigenvalue weighted by molar-refractivity contribution is 8.04.